The van der Waals surface area contributed by atoms with Crippen molar-refractivity contribution in [1.29, 1.82) is 0 Å². The third-order valence-electron chi connectivity index (χ3n) is 3.69. The molecule has 1 rings (SSSR count). The Morgan fingerprint density at radius 1 is 1.38 bits per heavy atom. The molecule has 0 heterocycles. The van der Waals surface area contributed by atoms with Gasteiger partial charge in [-0.2, -0.15) is 0 Å². The van der Waals surface area contributed by atoms with Crippen LogP contribution in [0.4, 0.5) is 0 Å². The molecule has 1 fully saturated rings. The van der Waals surface area contributed by atoms with Crippen LogP contribution in [0.25, 0.3) is 0 Å². The molecule has 4 nitrogen and oxygen atoms in total. The van der Waals surface area contributed by atoms with Gasteiger partial charge in [0.2, 0.25) is 0 Å². The number of hydrogen-bond donors (Lipinski definition) is 2. The summed E-state index contributed by atoms with van der Waals surface area (Å²) in [6, 6.07) is 0.702. The van der Waals surface area contributed by atoms with Crippen LogP contribution in [-0.2, 0) is 0 Å². The van der Waals surface area contributed by atoms with E-state index in [0.717, 1.165) is 19.0 Å². The van der Waals surface area contributed by atoms with Crippen molar-refractivity contribution >= 4 is 5.84 Å². The predicted octanol–water partition coefficient (Wildman–Crippen LogP) is 2.02. The van der Waals surface area contributed by atoms with E-state index in [1.54, 1.807) is 0 Å². The van der Waals surface area contributed by atoms with E-state index in [1.807, 2.05) is 0 Å². The lowest BCUT2D eigenvalue weighted by Gasteiger charge is -2.35. The van der Waals surface area contributed by atoms with Gasteiger partial charge in [-0.25, -0.2) is 0 Å². The van der Waals surface area contributed by atoms with Gasteiger partial charge in [-0.05, 0) is 38.1 Å². The smallest absolute Gasteiger partial charge is 0.140 e. The average molecular weight is 227 g/mol. The Bertz CT molecular complexity index is 222. The zero-order chi connectivity index (χ0) is 12.0. The molecule has 0 spiro atoms. The Labute approximate surface area is 98.5 Å². The normalized spacial score (nSPS) is 27.3. The van der Waals surface area contributed by atoms with Gasteiger partial charge in [-0.15, -0.1) is 0 Å². The van der Waals surface area contributed by atoms with E-state index in [-0.39, 0.29) is 0 Å². The third-order valence-corrected chi connectivity index (χ3v) is 3.69. The highest BCUT2D eigenvalue weighted by atomic mass is 16.4. The lowest BCUT2D eigenvalue weighted by atomic mass is 9.86. The van der Waals surface area contributed by atoms with Crippen molar-refractivity contribution in [1.82, 2.24) is 4.90 Å². The van der Waals surface area contributed by atoms with E-state index >= 15 is 0 Å². The number of rotatable bonds is 5. The number of oxime groups is 1. The van der Waals surface area contributed by atoms with Crippen molar-refractivity contribution in [2.75, 3.05) is 13.1 Å². The molecule has 1 aliphatic carbocycles. The minimum Gasteiger partial charge on any atom is -0.409 e. The van der Waals surface area contributed by atoms with Gasteiger partial charge in [0.05, 0.1) is 0 Å². The van der Waals surface area contributed by atoms with E-state index in [2.05, 4.69) is 23.9 Å². The highest BCUT2D eigenvalue weighted by molar-refractivity contribution is 5.79. The van der Waals surface area contributed by atoms with E-state index < -0.39 is 0 Å². The molecule has 0 aromatic carbocycles. The average Bonchev–Trinajstić information content (AvgIpc) is 2.31. The summed E-state index contributed by atoms with van der Waals surface area (Å²) >= 11 is 0. The van der Waals surface area contributed by atoms with E-state index in [0.29, 0.717) is 18.3 Å². The van der Waals surface area contributed by atoms with Gasteiger partial charge < -0.3 is 15.8 Å². The van der Waals surface area contributed by atoms with Gasteiger partial charge in [0, 0.05) is 19.0 Å². The lowest BCUT2D eigenvalue weighted by molar-refractivity contribution is 0.149. The molecule has 0 saturated heterocycles. The Kier molecular flexibility index (Phi) is 5.60. The van der Waals surface area contributed by atoms with Crippen LogP contribution in [0.2, 0.25) is 0 Å². The molecule has 0 atom stereocenters. The second kappa shape index (κ2) is 6.74. The summed E-state index contributed by atoms with van der Waals surface area (Å²) in [7, 11) is 0. The minimum absolute atomic E-state index is 0.336. The second-order valence-electron chi connectivity index (χ2n) is 4.88. The fourth-order valence-electron chi connectivity index (χ4n) is 2.51. The summed E-state index contributed by atoms with van der Waals surface area (Å²) in [5.74, 6) is 1.22. The molecule has 0 unspecified atom stereocenters. The number of amidine groups is 1. The van der Waals surface area contributed by atoms with E-state index in [9.17, 15) is 0 Å². The summed E-state index contributed by atoms with van der Waals surface area (Å²) in [6.45, 7) is 6.48. The molecule has 1 saturated carbocycles. The zero-order valence-corrected chi connectivity index (χ0v) is 10.5. The first kappa shape index (κ1) is 13.3. The van der Waals surface area contributed by atoms with Crippen molar-refractivity contribution in [3.8, 4) is 0 Å². The summed E-state index contributed by atoms with van der Waals surface area (Å²) < 4.78 is 0. The Hall–Kier alpha value is -0.770. The van der Waals surface area contributed by atoms with Crippen LogP contribution in [0.15, 0.2) is 5.16 Å². The van der Waals surface area contributed by atoms with Crippen LogP contribution >= 0.6 is 0 Å². The molecule has 0 radical (unpaired) electrons. The Morgan fingerprint density at radius 3 is 2.50 bits per heavy atom. The molecule has 4 heteroatoms. The van der Waals surface area contributed by atoms with Crippen LogP contribution in [-0.4, -0.2) is 35.1 Å². The molecule has 0 aliphatic heterocycles. The molecule has 0 aromatic rings. The molecule has 94 valence electrons. The van der Waals surface area contributed by atoms with Gasteiger partial charge in [0.15, 0.2) is 0 Å². The van der Waals surface area contributed by atoms with Crippen LogP contribution in [0, 0.1) is 5.92 Å². The first-order chi connectivity index (χ1) is 7.67. The fraction of sp³-hybridized carbons (Fsp3) is 0.917. The number of nitrogens with two attached hydrogens (primary N) is 1. The van der Waals surface area contributed by atoms with Crippen LogP contribution in [0.5, 0.6) is 0 Å². The SMILES string of the molecule is CCN(CCC(N)=NO)C1CCC(C)CC1. The molecule has 0 amide bonds. The zero-order valence-electron chi connectivity index (χ0n) is 10.5. The number of nitrogens with zero attached hydrogens (tertiary/aromatic N) is 2. The molecule has 3 N–H and O–H groups in total. The van der Waals surface area contributed by atoms with Gasteiger partial charge >= 0.3 is 0 Å². The van der Waals surface area contributed by atoms with Crippen molar-refractivity contribution < 1.29 is 5.21 Å². The summed E-state index contributed by atoms with van der Waals surface area (Å²) in [4.78, 5) is 2.46. The Morgan fingerprint density at radius 2 is 2.00 bits per heavy atom. The standard InChI is InChI=1S/C12H25N3O/c1-3-15(9-8-12(13)14-16)11-6-4-10(2)5-7-11/h10-11,16H,3-9H2,1-2H3,(H2,13,14). The van der Waals surface area contributed by atoms with Gasteiger partial charge in [0.25, 0.3) is 0 Å². The summed E-state index contributed by atoms with van der Waals surface area (Å²) in [6.07, 6.45) is 5.93. The maximum absolute atomic E-state index is 8.51. The largest absolute Gasteiger partial charge is 0.409 e. The van der Waals surface area contributed by atoms with Crippen molar-refractivity contribution in [3.05, 3.63) is 0 Å². The van der Waals surface area contributed by atoms with Gasteiger partial charge in [0.1, 0.15) is 5.84 Å². The summed E-state index contributed by atoms with van der Waals surface area (Å²) in [5.41, 5.74) is 5.50. The topological polar surface area (TPSA) is 61.8 Å². The van der Waals surface area contributed by atoms with Crippen LogP contribution < -0.4 is 5.73 Å². The first-order valence-electron chi connectivity index (χ1n) is 6.37. The molecule has 1 aliphatic rings. The summed E-state index contributed by atoms with van der Waals surface area (Å²) in [5, 5.41) is 11.5. The Balaban J connectivity index is 2.35. The molecular formula is C12H25N3O. The highest BCUT2D eigenvalue weighted by Crippen LogP contribution is 2.26. The third kappa shape index (κ3) is 4.00. The predicted molar refractivity (Wildman–Crippen MR) is 66.7 cm³/mol. The van der Waals surface area contributed by atoms with Crippen molar-refractivity contribution in [2.24, 2.45) is 16.8 Å². The van der Waals surface area contributed by atoms with Crippen molar-refractivity contribution in [2.45, 2.75) is 52.0 Å². The quantitative estimate of drug-likeness (QED) is 0.327. The van der Waals surface area contributed by atoms with Gasteiger partial charge in [-0.3, -0.25) is 0 Å². The molecule has 0 aromatic heterocycles. The minimum atomic E-state index is 0.336. The van der Waals surface area contributed by atoms with Crippen LogP contribution in [0.1, 0.15) is 46.0 Å². The maximum Gasteiger partial charge on any atom is 0.140 e. The van der Waals surface area contributed by atoms with Crippen LogP contribution in [0.3, 0.4) is 0 Å². The van der Waals surface area contributed by atoms with Gasteiger partial charge in [-0.1, -0.05) is 19.0 Å². The van der Waals surface area contributed by atoms with E-state index in [4.69, 9.17) is 10.9 Å². The maximum atomic E-state index is 8.51. The molecule has 0 bridgehead atoms. The van der Waals surface area contributed by atoms with Crippen molar-refractivity contribution in [3.63, 3.8) is 0 Å². The monoisotopic (exact) mass is 227 g/mol. The molecule has 16 heavy (non-hydrogen) atoms. The second-order valence-corrected chi connectivity index (χ2v) is 4.88. The molecular weight excluding hydrogens is 202 g/mol. The highest BCUT2D eigenvalue weighted by Gasteiger charge is 2.22. The lowest BCUT2D eigenvalue weighted by Crippen LogP contribution is -2.39. The number of hydrogen-bond acceptors (Lipinski definition) is 3. The first-order valence-corrected chi connectivity index (χ1v) is 6.37. The fourth-order valence-corrected chi connectivity index (χ4v) is 2.51. The van der Waals surface area contributed by atoms with E-state index in [1.165, 1.54) is 25.7 Å².